The lowest BCUT2D eigenvalue weighted by Gasteiger charge is -2.16. The first-order valence-electron chi connectivity index (χ1n) is 5.89. The van der Waals surface area contributed by atoms with E-state index in [-0.39, 0.29) is 6.10 Å². The van der Waals surface area contributed by atoms with Crippen LogP contribution in [0.15, 0.2) is 6.07 Å². The van der Waals surface area contributed by atoms with E-state index in [2.05, 4.69) is 30.2 Å². The van der Waals surface area contributed by atoms with Crippen molar-refractivity contribution in [3.8, 4) is 5.88 Å². The standard InChI is InChI=1S/C13H22N2O/c1-6-14-8-12-10(4)7-11(5)15-13(12)16-9(2)3/h7,9,14H,6,8H2,1-5H3. The molecule has 90 valence electrons. The van der Waals surface area contributed by atoms with Crippen molar-refractivity contribution in [3.05, 3.63) is 22.9 Å². The van der Waals surface area contributed by atoms with Crippen molar-refractivity contribution >= 4 is 0 Å². The maximum absolute atomic E-state index is 5.75. The molecule has 0 aliphatic heterocycles. The SMILES string of the molecule is CCNCc1c(C)cc(C)nc1OC(C)C. The molecule has 0 radical (unpaired) electrons. The number of nitrogens with zero attached hydrogens (tertiary/aromatic N) is 1. The van der Waals surface area contributed by atoms with Gasteiger partial charge < -0.3 is 10.1 Å². The van der Waals surface area contributed by atoms with Crippen LogP contribution in [-0.4, -0.2) is 17.6 Å². The summed E-state index contributed by atoms with van der Waals surface area (Å²) in [7, 11) is 0. The van der Waals surface area contributed by atoms with E-state index in [1.54, 1.807) is 0 Å². The quantitative estimate of drug-likeness (QED) is 0.831. The van der Waals surface area contributed by atoms with Gasteiger partial charge in [-0.05, 0) is 45.9 Å². The minimum absolute atomic E-state index is 0.161. The molecule has 0 spiro atoms. The largest absolute Gasteiger partial charge is 0.475 e. The van der Waals surface area contributed by atoms with E-state index in [1.165, 1.54) is 11.1 Å². The van der Waals surface area contributed by atoms with Crippen LogP contribution in [0.1, 0.15) is 37.6 Å². The Morgan fingerprint density at radius 2 is 2.06 bits per heavy atom. The van der Waals surface area contributed by atoms with Gasteiger partial charge in [-0.15, -0.1) is 0 Å². The first-order chi connectivity index (χ1) is 7.54. The fourth-order valence-electron chi connectivity index (χ4n) is 1.61. The highest BCUT2D eigenvalue weighted by Gasteiger charge is 2.10. The van der Waals surface area contributed by atoms with E-state index in [4.69, 9.17) is 4.74 Å². The van der Waals surface area contributed by atoms with Gasteiger partial charge in [-0.25, -0.2) is 4.98 Å². The number of aromatic nitrogens is 1. The zero-order chi connectivity index (χ0) is 12.1. The Balaban J connectivity index is 3.00. The molecule has 1 heterocycles. The number of hydrogen-bond donors (Lipinski definition) is 1. The van der Waals surface area contributed by atoms with E-state index >= 15 is 0 Å². The van der Waals surface area contributed by atoms with Crippen molar-refractivity contribution in [1.29, 1.82) is 0 Å². The molecule has 0 aromatic carbocycles. The predicted molar refractivity (Wildman–Crippen MR) is 66.9 cm³/mol. The maximum atomic E-state index is 5.75. The number of nitrogens with one attached hydrogen (secondary N) is 1. The monoisotopic (exact) mass is 222 g/mol. The van der Waals surface area contributed by atoms with Crippen molar-refractivity contribution in [1.82, 2.24) is 10.3 Å². The van der Waals surface area contributed by atoms with Gasteiger partial charge in [0.15, 0.2) is 0 Å². The second-order valence-electron chi connectivity index (χ2n) is 4.31. The van der Waals surface area contributed by atoms with Gasteiger partial charge in [0, 0.05) is 17.8 Å². The first kappa shape index (κ1) is 13.0. The Bertz CT molecular complexity index is 348. The molecule has 1 aromatic heterocycles. The first-order valence-corrected chi connectivity index (χ1v) is 5.89. The summed E-state index contributed by atoms with van der Waals surface area (Å²) in [6, 6.07) is 2.10. The van der Waals surface area contributed by atoms with Crippen LogP contribution in [-0.2, 0) is 6.54 Å². The number of pyridine rings is 1. The average molecular weight is 222 g/mol. The Labute approximate surface area is 98.2 Å². The highest BCUT2D eigenvalue weighted by molar-refractivity contribution is 5.35. The highest BCUT2D eigenvalue weighted by Crippen LogP contribution is 2.21. The number of rotatable bonds is 5. The van der Waals surface area contributed by atoms with Crippen LogP contribution in [0, 0.1) is 13.8 Å². The van der Waals surface area contributed by atoms with Crippen LogP contribution in [0.3, 0.4) is 0 Å². The summed E-state index contributed by atoms with van der Waals surface area (Å²) < 4.78 is 5.75. The second kappa shape index (κ2) is 5.85. The van der Waals surface area contributed by atoms with Crippen molar-refractivity contribution in [2.45, 2.75) is 47.3 Å². The molecule has 16 heavy (non-hydrogen) atoms. The third kappa shape index (κ3) is 3.49. The highest BCUT2D eigenvalue weighted by atomic mass is 16.5. The normalized spacial score (nSPS) is 10.9. The van der Waals surface area contributed by atoms with Gasteiger partial charge in [-0.3, -0.25) is 0 Å². The Morgan fingerprint density at radius 1 is 1.38 bits per heavy atom. The van der Waals surface area contributed by atoms with Crippen LogP contribution in [0.25, 0.3) is 0 Å². The predicted octanol–water partition coefficient (Wildman–Crippen LogP) is 2.60. The minimum atomic E-state index is 0.161. The van der Waals surface area contributed by atoms with Crippen LogP contribution in [0.4, 0.5) is 0 Å². The summed E-state index contributed by atoms with van der Waals surface area (Å²) in [5.74, 6) is 0.772. The molecule has 1 rings (SSSR count). The molecule has 0 atom stereocenters. The Kier molecular flexibility index (Phi) is 4.74. The topological polar surface area (TPSA) is 34.2 Å². The van der Waals surface area contributed by atoms with Gasteiger partial charge in [0.1, 0.15) is 0 Å². The molecular formula is C13H22N2O. The maximum Gasteiger partial charge on any atom is 0.218 e. The molecule has 3 heteroatoms. The van der Waals surface area contributed by atoms with Crippen LogP contribution in [0.2, 0.25) is 0 Å². The van der Waals surface area contributed by atoms with Crippen LogP contribution < -0.4 is 10.1 Å². The Morgan fingerprint density at radius 3 is 2.62 bits per heavy atom. The van der Waals surface area contributed by atoms with E-state index in [9.17, 15) is 0 Å². The molecule has 0 saturated carbocycles. The van der Waals surface area contributed by atoms with Crippen molar-refractivity contribution < 1.29 is 4.74 Å². The molecule has 0 unspecified atom stereocenters. The molecule has 0 saturated heterocycles. The van der Waals surface area contributed by atoms with Gasteiger partial charge in [0.05, 0.1) is 6.10 Å². The molecule has 1 N–H and O–H groups in total. The summed E-state index contributed by atoms with van der Waals surface area (Å²) in [6.07, 6.45) is 0.161. The zero-order valence-electron chi connectivity index (χ0n) is 10.9. The Hall–Kier alpha value is -1.09. The summed E-state index contributed by atoms with van der Waals surface area (Å²) in [4.78, 5) is 4.46. The van der Waals surface area contributed by atoms with E-state index in [0.29, 0.717) is 0 Å². The van der Waals surface area contributed by atoms with Crippen molar-refractivity contribution in [2.24, 2.45) is 0 Å². The van der Waals surface area contributed by atoms with Gasteiger partial charge in [0.25, 0.3) is 0 Å². The van der Waals surface area contributed by atoms with Gasteiger partial charge >= 0.3 is 0 Å². The molecule has 3 nitrogen and oxygen atoms in total. The number of aryl methyl sites for hydroxylation is 2. The van der Waals surface area contributed by atoms with E-state index < -0.39 is 0 Å². The van der Waals surface area contributed by atoms with Gasteiger partial charge in [-0.1, -0.05) is 6.92 Å². The fraction of sp³-hybridized carbons (Fsp3) is 0.615. The summed E-state index contributed by atoms with van der Waals surface area (Å²) in [5, 5.41) is 3.32. The van der Waals surface area contributed by atoms with Gasteiger partial charge in [0.2, 0.25) is 5.88 Å². The van der Waals surface area contributed by atoms with E-state index in [0.717, 1.165) is 24.7 Å². The summed E-state index contributed by atoms with van der Waals surface area (Å²) >= 11 is 0. The third-order valence-corrected chi connectivity index (χ3v) is 2.34. The number of hydrogen-bond acceptors (Lipinski definition) is 3. The molecule has 0 fully saturated rings. The third-order valence-electron chi connectivity index (χ3n) is 2.34. The summed E-state index contributed by atoms with van der Waals surface area (Å²) in [5.41, 5.74) is 3.42. The zero-order valence-corrected chi connectivity index (χ0v) is 10.9. The van der Waals surface area contributed by atoms with Crippen LogP contribution >= 0.6 is 0 Å². The molecule has 0 bridgehead atoms. The van der Waals surface area contributed by atoms with Crippen molar-refractivity contribution in [3.63, 3.8) is 0 Å². The average Bonchev–Trinajstić information content (AvgIpc) is 2.15. The lowest BCUT2D eigenvalue weighted by atomic mass is 10.1. The van der Waals surface area contributed by atoms with E-state index in [1.807, 2.05) is 20.8 Å². The van der Waals surface area contributed by atoms with Crippen molar-refractivity contribution in [2.75, 3.05) is 6.54 Å². The smallest absolute Gasteiger partial charge is 0.218 e. The molecule has 0 aliphatic carbocycles. The van der Waals surface area contributed by atoms with Crippen LogP contribution in [0.5, 0.6) is 5.88 Å². The fourth-order valence-corrected chi connectivity index (χ4v) is 1.61. The number of ether oxygens (including phenoxy) is 1. The van der Waals surface area contributed by atoms with Gasteiger partial charge in [-0.2, -0.15) is 0 Å². The lowest BCUT2D eigenvalue weighted by Crippen LogP contribution is -2.17. The molecule has 1 aromatic rings. The minimum Gasteiger partial charge on any atom is -0.475 e. The second-order valence-corrected chi connectivity index (χ2v) is 4.31. The summed E-state index contributed by atoms with van der Waals surface area (Å²) in [6.45, 7) is 12.0. The molecule has 0 amide bonds. The molecule has 0 aliphatic rings. The molecular weight excluding hydrogens is 200 g/mol. The lowest BCUT2D eigenvalue weighted by molar-refractivity contribution is 0.229.